The van der Waals surface area contributed by atoms with Gasteiger partial charge in [0.25, 0.3) is 0 Å². The monoisotopic (exact) mass is 326 g/mol. The van der Waals surface area contributed by atoms with E-state index in [0.717, 1.165) is 0 Å². The summed E-state index contributed by atoms with van der Waals surface area (Å²) in [6, 6.07) is 16.7. The third kappa shape index (κ3) is 2.19. The number of halogens is 1. The molecule has 0 aliphatic heterocycles. The maximum Gasteiger partial charge on any atom is 0.184 e. The Bertz CT molecular complexity index is 929. The summed E-state index contributed by atoms with van der Waals surface area (Å²) >= 11 is 0. The molecule has 4 nitrogen and oxygen atoms in total. The first-order valence-electron chi connectivity index (χ1n) is 6.84. The number of benzene rings is 2. The van der Waals surface area contributed by atoms with Gasteiger partial charge < -0.3 is 0 Å². The predicted molar refractivity (Wildman–Crippen MR) is 80.2 cm³/mol. The van der Waals surface area contributed by atoms with Crippen molar-refractivity contribution in [2.75, 3.05) is 0 Å². The van der Waals surface area contributed by atoms with E-state index in [0.29, 0.717) is 5.56 Å². The maximum absolute atomic E-state index is 13.4. The van der Waals surface area contributed by atoms with Crippen LogP contribution in [0.15, 0.2) is 59.5 Å². The molecule has 2 atom stereocenters. The number of hydrogen-bond donors (Lipinski definition) is 0. The number of hydrogen-bond acceptors (Lipinski definition) is 4. The second-order valence-corrected chi connectivity index (χ2v) is 7.47. The zero-order valence-corrected chi connectivity index (χ0v) is 12.7. The van der Waals surface area contributed by atoms with Crippen LogP contribution >= 0.6 is 0 Å². The van der Waals surface area contributed by atoms with E-state index in [4.69, 9.17) is 0 Å². The van der Waals surface area contributed by atoms with E-state index in [1.165, 1.54) is 36.4 Å². The molecule has 2 aromatic rings. The highest BCUT2D eigenvalue weighted by Gasteiger charge is 2.73. The van der Waals surface area contributed by atoms with Gasteiger partial charge >= 0.3 is 0 Å². The first-order valence-corrected chi connectivity index (χ1v) is 8.39. The van der Waals surface area contributed by atoms with Crippen molar-refractivity contribution < 1.29 is 12.8 Å². The van der Waals surface area contributed by atoms with Gasteiger partial charge in [-0.2, -0.15) is 10.5 Å². The van der Waals surface area contributed by atoms with Gasteiger partial charge in [-0.1, -0.05) is 30.3 Å². The van der Waals surface area contributed by atoms with E-state index in [9.17, 15) is 23.3 Å². The second kappa shape index (κ2) is 5.19. The van der Waals surface area contributed by atoms with E-state index in [2.05, 4.69) is 0 Å². The van der Waals surface area contributed by atoms with Crippen LogP contribution in [0.4, 0.5) is 4.39 Å². The Hall–Kier alpha value is -2.70. The first-order chi connectivity index (χ1) is 11.0. The van der Waals surface area contributed by atoms with E-state index in [1.54, 1.807) is 18.2 Å². The number of rotatable bonds is 3. The molecule has 1 aliphatic rings. The fraction of sp³-hybridized carbons (Fsp3) is 0.176. The minimum absolute atomic E-state index is 0.0544. The van der Waals surface area contributed by atoms with Gasteiger partial charge in [0.05, 0.1) is 17.0 Å². The molecule has 1 fully saturated rings. The Morgan fingerprint density at radius 3 is 2.22 bits per heavy atom. The van der Waals surface area contributed by atoms with Crippen molar-refractivity contribution >= 4 is 9.84 Å². The van der Waals surface area contributed by atoms with Crippen molar-refractivity contribution in [3.63, 3.8) is 0 Å². The van der Waals surface area contributed by atoms with E-state index < -0.39 is 32.2 Å². The molecule has 1 aliphatic carbocycles. The van der Waals surface area contributed by atoms with Gasteiger partial charge in [-0.15, -0.1) is 0 Å². The fourth-order valence-corrected chi connectivity index (χ4v) is 5.19. The summed E-state index contributed by atoms with van der Waals surface area (Å²) in [5, 5.41) is 17.6. The average Bonchev–Trinajstić information content (AvgIpc) is 3.26. The summed E-state index contributed by atoms with van der Waals surface area (Å²) in [7, 11) is -3.88. The lowest BCUT2D eigenvalue weighted by Gasteiger charge is -2.03. The zero-order valence-electron chi connectivity index (χ0n) is 11.8. The van der Waals surface area contributed by atoms with E-state index in [-0.39, 0.29) is 4.90 Å². The Balaban J connectivity index is 2.12. The molecule has 0 radical (unpaired) electrons. The Morgan fingerprint density at radius 2 is 1.65 bits per heavy atom. The van der Waals surface area contributed by atoms with Crippen LogP contribution in [0.5, 0.6) is 0 Å². The van der Waals surface area contributed by atoms with Crippen LogP contribution < -0.4 is 0 Å². The predicted octanol–water partition coefficient (Wildman–Crippen LogP) is 2.80. The molecule has 2 aromatic carbocycles. The molecule has 1 saturated carbocycles. The number of sulfone groups is 1. The molecule has 3 rings (SSSR count). The molecule has 6 heteroatoms. The van der Waals surface area contributed by atoms with Crippen LogP contribution in [0, 0.1) is 33.9 Å². The first kappa shape index (κ1) is 15.2. The molecule has 0 spiro atoms. The Morgan fingerprint density at radius 1 is 1.00 bits per heavy atom. The number of nitrogens with zero attached hydrogens (tertiary/aromatic N) is 2. The highest BCUT2D eigenvalue weighted by Crippen LogP contribution is 2.63. The molecular weight excluding hydrogens is 315 g/mol. The maximum atomic E-state index is 13.4. The molecule has 0 amide bonds. The van der Waals surface area contributed by atoms with Gasteiger partial charge in [-0.25, -0.2) is 12.8 Å². The third-order valence-corrected chi connectivity index (χ3v) is 6.36. The average molecular weight is 326 g/mol. The summed E-state index contributed by atoms with van der Waals surface area (Å²) < 4.78 is 39.0. The molecule has 0 saturated heterocycles. The molecule has 0 bridgehead atoms. The third-order valence-electron chi connectivity index (χ3n) is 4.12. The lowest BCUT2D eigenvalue weighted by Crippen LogP contribution is -2.14. The lowest BCUT2D eigenvalue weighted by atomic mass is 10.0. The summed E-state index contributed by atoms with van der Waals surface area (Å²) in [5.74, 6) is -1.39. The second-order valence-electron chi connectivity index (χ2n) is 5.40. The van der Waals surface area contributed by atoms with Crippen LogP contribution in [-0.4, -0.2) is 13.7 Å². The number of nitriles is 2. The molecular formula is C17H11FN2O2S. The molecule has 0 heterocycles. The van der Waals surface area contributed by atoms with Gasteiger partial charge in [0.15, 0.2) is 15.3 Å². The minimum Gasteiger partial charge on any atom is -0.223 e. The Labute approximate surface area is 133 Å². The standard InChI is InChI=1S/C17H11FN2O2S/c18-13-6-4-5-12(9-13)15-16(17(15,10-19)11-20)23(21,22)14-7-2-1-3-8-14/h1-9,15-16H. The highest BCUT2D eigenvalue weighted by molar-refractivity contribution is 7.92. The van der Waals surface area contributed by atoms with Gasteiger partial charge in [-0.3, -0.25) is 0 Å². The van der Waals surface area contributed by atoms with Crippen molar-refractivity contribution in [1.29, 1.82) is 10.5 Å². The van der Waals surface area contributed by atoms with Crippen LogP contribution in [0.3, 0.4) is 0 Å². The summed E-state index contributed by atoms with van der Waals surface area (Å²) in [4.78, 5) is 0.0544. The molecule has 0 aromatic heterocycles. The van der Waals surface area contributed by atoms with Crippen molar-refractivity contribution in [2.24, 2.45) is 5.41 Å². The van der Waals surface area contributed by atoms with Gasteiger partial charge in [0, 0.05) is 5.92 Å². The smallest absolute Gasteiger partial charge is 0.184 e. The van der Waals surface area contributed by atoms with Gasteiger partial charge in [0.1, 0.15) is 11.1 Å². The van der Waals surface area contributed by atoms with Crippen LogP contribution in [-0.2, 0) is 9.84 Å². The normalized spacial score (nSPS) is 21.9. The largest absolute Gasteiger partial charge is 0.223 e. The molecule has 23 heavy (non-hydrogen) atoms. The van der Waals surface area contributed by atoms with E-state index >= 15 is 0 Å². The Kier molecular flexibility index (Phi) is 3.43. The molecule has 0 N–H and O–H groups in total. The van der Waals surface area contributed by atoms with E-state index in [1.807, 2.05) is 12.1 Å². The van der Waals surface area contributed by atoms with Crippen molar-refractivity contribution in [3.8, 4) is 12.1 Å². The summed E-state index contributed by atoms with van der Waals surface area (Å²) in [6.45, 7) is 0. The topological polar surface area (TPSA) is 81.7 Å². The van der Waals surface area contributed by atoms with Crippen molar-refractivity contribution in [2.45, 2.75) is 16.1 Å². The van der Waals surface area contributed by atoms with Crippen LogP contribution in [0.25, 0.3) is 0 Å². The minimum atomic E-state index is -3.88. The highest BCUT2D eigenvalue weighted by atomic mass is 32.2. The molecule has 114 valence electrons. The van der Waals surface area contributed by atoms with Crippen molar-refractivity contribution in [1.82, 2.24) is 0 Å². The van der Waals surface area contributed by atoms with Crippen molar-refractivity contribution in [3.05, 3.63) is 66.0 Å². The summed E-state index contributed by atoms with van der Waals surface area (Å²) in [5.41, 5.74) is -1.35. The van der Waals surface area contributed by atoms with Crippen LogP contribution in [0.2, 0.25) is 0 Å². The zero-order chi connectivity index (χ0) is 16.7. The lowest BCUT2D eigenvalue weighted by molar-refractivity contribution is 0.591. The quantitative estimate of drug-likeness (QED) is 0.868. The molecule has 2 unspecified atom stereocenters. The van der Waals surface area contributed by atoms with Crippen LogP contribution in [0.1, 0.15) is 11.5 Å². The summed E-state index contributed by atoms with van der Waals surface area (Å²) in [6.07, 6.45) is 0. The fourth-order valence-electron chi connectivity index (χ4n) is 2.97. The SMILES string of the molecule is N#CC1(C#N)C(c2cccc(F)c2)C1S(=O)(=O)c1ccccc1. The van der Waals surface area contributed by atoms with Gasteiger partial charge in [0.2, 0.25) is 0 Å². The van der Waals surface area contributed by atoms with Gasteiger partial charge in [-0.05, 0) is 29.8 Å².